The van der Waals surface area contributed by atoms with Crippen LogP contribution in [0.15, 0.2) is 12.2 Å². The van der Waals surface area contributed by atoms with Crippen LogP contribution in [-0.2, 0) is 9.53 Å². The van der Waals surface area contributed by atoms with Crippen LogP contribution in [0.5, 0.6) is 0 Å². The average Bonchev–Trinajstić information content (AvgIpc) is 2.41. The first-order chi connectivity index (χ1) is 9.31. The second-order valence-corrected chi connectivity index (χ2v) is 5.14. The molecule has 0 aliphatic rings. The zero-order valence-electron chi connectivity index (χ0n) is 13.0. The van der Waals surface area contributed by atoms with E-state index in [2.05, 4.69) is 26.0 Å². The topological polar surface area (TPSA) is 26.3 Å². The van der Waals surface area contributed by atoms with Crippen molar-refractivity contribution in [1.82, 2.24) is 0 Å². The van der Waals surface area contributed by atoms with Gasteiger partial charge in [-0.1, -0.05) is 51.7 Å². The monoisotopic (exact) mass is 268 g/mol. The highest BCUT2D eigenvalue weighted by atomic mass is 16.5. The lowest BCUT2D eigenvalue weighted by atomic mass is 10.1. The molecule has 0 aromatic rings. The van der Waals surface area contributed by atoms with E-state index in [0.717, 1.165) is 32.1 Å². The van der Waals surface area contributed by atoms with Crippen molar-refractivity contribution in [1.29, 1.82) is 0 Å². The van der Waals surface area contributed by atoms with Gasteiger partial charge in [0.1, 0.15) is 0 Å². The molecule has 0 aliphatic carbocycles. The highest BCUT2D eigenvalue weighted by Gasteiger charge is 2.01. The predicted octanol–water partition coefficient (Wildman–Crippen LogP) is 5.42. The molecule has 0 unspecified atom stereocenters. The highest BCUT2D eigenvalue weighted by molar-refractivity contribution is 5.69. The van der Waals surface area contributed by atoms with Crippen molar-refractivity contribution in [3.05, 3.63) is 12.2 Å². The molecule has 0 saturated carbocycles. The summed E-state index contributed by atoms with van der Waals surface area (Å²) in [7, 11) is 0. The van der Waals surface area contributed by atoms with Crippen LogP contribution in [0.25, 0.3) is 0 Å². The molecule has 0 rings (SSSR count). The number of rotatable bonds is 13. The van der Waals surface area contributed by atoms with E-state index in [1.807, 2.05) is 0 Å². The number of hydrogen-bond donors (Lipinski definition) is 0. The first-order valence-electron chi connectivity index (χ1n) is 8.11. The highest BCUT2D eigenvalue weighted by Crippen LogP contribution is 2.06. The van der Waals surface area contributed by atoms with E-state index in [0.29, 0.717) is 13.0 Å². The van der Waals surface area contributed by atoms with Gasteiger partial charge in [-0.25, -0.2) is 0 Å². The lowest BCUT2D eigenvalue weighted by Gasteiger charge is -2.03. The summed E-state index contributed by atoms with van der Waals surface area (Å²) in [5.41, 5.74) is 0. The van der Waals surface area contributed by atoms with Crippen LogP contribution in [0.4, 0.5) is 0 Å². The minimum absolute atomic E-state index is 0.0245. The zero-order valence-corrected chi connectivity index (χ0v) is 13.0. The molecule has 0 bridgehead atoms. The van der Waals surface area contributed by atoms with E-state index in [1.54, 1.807) is 0 Å². The molecule has 112 valence electrons. The van der Waals surface area contributed by atoms with E-state index in [-0.39, 0.29) is 5.97 Å². The molecule has 0 aliphatic heterocycles. The Morgan fingerprint density at radius 2 is 1.47 bits per heavy atom. The predicted molar refractivity (Wildman–Crippen MR) is 82.2 cm³/mol. The third-order valence-electron chi connectivity index (χ3n) is 3.15. The second-order valence-electron chi connectivity index (χ2n) is 5.14. The molecule has 2 nitrogen and oxygen atoms in total. The number of esters is 1. The van der Waals surface area contributed by atoms with E-state index < -0.39 is 0 Å². The third-order valence-corrected chi connectivity index (χ3v) is 3.15. The third kappa shape index (κ3) is 15.2. The number of carbonyl (C=O) groups excluding carboxylic acids is 1. The summed E-state index contributed by atoms with van der Waals surface area (Å²) in [6.07, 6.45) is 16.8. The smallest absolute Gasteiger partial charge is 0.305 e. The number of carbonyl (C=O) groups is 1. The van der Waals surface area contributed by atoms with Crippen molar-refractivity contribution >= 4 is 5.97 Å². The minimum Gasteiger partial charge on any atom is -0.466 e. The minimum atomic E-state index is -0.0245. The molecule has 0 aromatic heterocycles. The largest absolute Gasteiger partial charge is 0.466 e. The Morgan fingerprint density at radius 3 is 2.11 bits per heavy atom. The van der Waals surface area contributed by atoms with Crippen LogP contribution >= 0.6 is 0 Å². The summed E-state index contributed by atoms with van der Waals surface area (Å²) in [6.45, 7) is 4.93. The van der Waals surface area contributed by atoms with Gasteiger partial charge in [0.05, 0.1) is 6.61 Å². The quantitative estimate of drug-likeness (QED) is 0.253. The van der Waals surface area contributed by atoms with E-state index in [1.165, 1.54) is 32.1 Å². The summed E-state index contributed by atoms with van der Waals surface area (Å²) in [5.74, 6) is -0.0245. The fourth-order valence-electron chi connectivity index (χ4n) is 1.86. The second kappa shape index (κ2) is 15.3. The summed E-state index contributed by atoms with van der Waals surface area (Å²) in [5, 5.41) is 0. The number of allylic oxidation sites excluding steroid dienone is 2. The van der Waals surface area contributed by atoms with Crippen molar-refractivity contribution in [2.45, 2.75) is 84.5 Å². The maximum Gasteiger partial charge on any atom is 0.305 e. The first kappa shape index (κ1) is 18.2. The molecule has 0 amide bonds. The molecule has 0 atom stereocenters. The van der Waals surface area contributed by atoms with Gasteiger partial charge < -0.3 is 4.74 Å². The Kier molecular flexibility index (Phi) is 14.6. The van der Waals surface area contributed by atoms with Gasteiger partial charge in [-0.05, 0) is 38.5 Å². The van der Waals surface area contributed by atoms with Crippen molar-refractivity contribution in [3.8, 4) is 0 Å². The number of unbranched alkanes of at least 4 members (excludes halogenated alkanes) is 7. The fourth-order valence-corrected chi connectivity index (χ4v) is 1.86. The van der Waals surface area contributed by atoms with Crippen LogP contribution in [0, 0.1) is 0 Å². The normalized spacial score (nSPS) is 11.1. The van der Waals surface area contributed by atoms with Crippen LogP contribution in [-0.4, -0.2) is 12.6 Å². The van der Waals surface area contributed by atoms with Gasteiger partial charge in [0.2, 0.25) is 0 Å². The Morgan fingerprint density at radius 1 is 0.842 bits per heavy atom. The van der Waals surface area contributed by atoms with Crippen LogP contribution in [0.2, 0.25) is 0 Å². The fraction of sp³-hybridized carbons (Fsp3) is 0.824. The van der Waals surface area contributed by atoms with Crippen LogP contribution in [0.1, 0.15) is 84.5 Å². The molecule has 19 heavy (non-hydrogen) atoms. The van der Waals surface area contributed by atoms with Gasteiger partial charge in [0.15, 0.2) is 0 Å². The van der Waals surface area contributed by atoms with Gasteiger partial charge in [0, 0.05) is 6.42 Å². The van der Waals surface area contributed by atoms with E-state index in [4.69, 9.17) is 4.74 Å². The van der Waals surface area contributed by atoms with E-state index >= 15 is 0 Å². The summed E-state index contributed by atoms with van der Waals surface area (Å²) in [6, 6.07) is 0. The average molecular weight is 268 g/mol. The summed E-state index contributed by atoms with van der Waals surface area (Å²) >= 11 is 0. The van der Waals surface area contributed by atoms with Gasteiger partial charge in [0.25, 0.3) is 0 Å². The SMILES string of the molecule is CCCCC/C=C/CCCCCC(=O)OCCCC. The molecular formula is C17H32O2. The molecule has 0 heterocycles. The van der Waals surface area contributed by atoms with Gasteiger partial charge in [-0.2, -0.15) is 0 Å². The molecule has 0 aromatic carbocycles. The zero-order chi connectivity index (χ0) is 14.2. The Labute approximate surface area is 119 Å². The lowest BCUT2D eigenvalue weighted by molar-refractivity contribution is -0.143. The maximum atomic E-state index is 11.3. The van der Waals surface area contributed by atoms with Gasteiger partial charge >= 0.3 is 5.97 Å². The number of hydrogen-bond acceptors (Lipinski definition) is 2. The molecule has 0 radical (unpaired) electrons. The van der Waals surface area contributed by atoms with Crippen molar-refractivity contribution in [2.75, 3.05) is 6.61 Å². The molecule has 0 N–H and O–H groups in total. The number of ether oxygens (including phenoxy) is 1. The Hall–Kier alpha value is -0.790. The molecular weight excluding hydrogens is 236 g/mol. The lowest BCUT2D eigenvalue weighted by Crippen LogP contribution is -2.05. The molecule has 0 spiro atoms. The molecule has 0 fully saturated rings. The molecule has 0 saturated heterocycles. The van der Waals surface area contributed by atoms with E-state index in [9.17, 15) is 4.79 Å². The van der Waals surface area contributed by atoms with Crippen molar-refractivity contribution in [2.24, 2.45) is 0 Å². The first-order valence-corrected chi connectivity index (χ1v) is 8.11. The summed E-state index contributed by atoms with van der Waals surface area (Å²) in [4.78, 5) is 11.3. The maximum absolute atomic E-state index is 11.3. The van der Waals surface area contributed by atoms with Gasteiger partial charge in [-0.3, -0.25) is 4.79 Å². The Balaban J connectivity index is 3.19. The van der Waals surface area contributed by atoms with Crippen LogP contribution in [0.3, 0.4) is 0 Å². The standard InChI is InChI=1S/C17H32O2/c1-3-5-7-8-9-10-11-12-13-14-15-17(18)19-16-6-4-2/h9-10H,3-8,11-16H2,1-2H3/b10-9+. The summed E-state index contributed by atoms with van der Waals surface area (Å²) < 4.78 is 5.11. The van der Waals surface area contributed by atoms with Crippen LogP contribution < -0.4 is 0 Å². The van der Waals surface area contributed by atoms with Gasteiger partial charge in [-0.15, -0.1) is 0 Å². The molecule has 2 heteroatoms. The Bertz CT molecular complexity index is 221. The van der Waals surface area contributed by atoms with Crippen molar-refractivity contribution in [3.63, 3.8) is 0 Å². The van der Waals surface area contributed by atoms with Crippen molar-refractivity contribution < 1.29 is 9.53 Å².